The van der Waals surface area contributed by atoms with E-state index < -0.39 is 10.7 Å². The number of non-ortho nitro benzene ring substituents is 1. The number of nitro groups is 1. The van der Waals surface area contributed by atoms with Gasteiger partial charge in [-0.2, -0.15) is 4.68 Å². The Hall–Kier alpha value is -2.09. The van der Waals surface area contributed by atoms with Gasteiger partial charge in [0.05, 0.1) is 16.9 Å². The van der Waals surface area contributed by atoms with Gasteiger partial charge >= 0.3 is 0 Å². The molecule has 0 unspecified atom stereocenters. The Morgan fingerprint density at radius 2 is 2.29 bits per heavy atom. The van der Waals surface area contributed by atoms with E-state index in [0.29, 0.717) is 0 Å². The average molecular weight is 258 g/mol. The van der Waals surface area contributed by atoms with E-state index in [2.05, 4.69) is 15.5 Å². The summed E-state index contributed by atoms with van der Waals surface area (Å²) in [5.41, 5.74) is -0.331. The number of hydrogen-bond acceptors (Lipinski definition) is 5. The number of aromatic nitrogens is 4. The molecule has 0 N–H and O–H groups in total. The van der Waals surface area contributed by atoms with Crippen molar-refractivity contribution < 1.29 is 9.31 Å². The van der Waals surface area contributed by atoms with Gasteiger partial charge in [0.2, 0.25) is 0 Å². The molecule has 0 saturated heterocycles. The van der Waals surface area contributed by atoms with Crippen LogP contribution in [0.25, 0.3) is 5.69 Å². The van der Waals surface area contributed by atoms with E-state index in [0.717, 1.165) is 16.8 Å². The summed E-state index contributed by atoms with van der Waals surface area (Å²) in [5, 5.41) is 20.9. The number of tetrazole rings is 1. The van der Waals surface area contributed by atoms with Crippen molar-refractivity contribution >= 4 is 17.3 Å². The second-order valence-corrected chi connectivity index (χ2v) is 3.30. The van der Waals surface area contributed by atoms with Crippen LogP contribution in [0.5, 0.6) is 0 Å². The lowest BCUT2D eigenvalue weighted by molar-refractivity contribution is -0.385. The molecule has 0 bridgehead atoms. The molecule has 88 valence electrons. The molecular weight excluding hydrogens is 253 g/mol. The van der Waals surface area contributed by atoms with Crippen LogP contribution in [-0.2, 0) is 5.88 Å². The van der Waals surface area contributed by atoms with Gasteiger partial charge in [-0.15, -0.1) is 16.7 Å². The first-order valence-electron chi connectivity index (χ1n) is 4.41. The van der Waals surface area contributed by atoms with Crippen LogP contribution in [-0.4, -0.2) is 25.1 Å². The molecule has 0 aliphatic heterocycles. The summed E-state index contributed by atoms with van der Waals surface area (Å²) in [5.74, 6) is -0.541. The summed E-state index contributed by atoms with van der Waals surface area (Å²) in [7, 11) is 0. The Bertz CT molecular complexity index is 573. The Morgan fingerprint density at radius 3 is 2.88 bits per heavy atom. The molecule has 1 aromatic heterocycles. The standard InChI is InChI=1S/C8H5ClFN5O2/c9-4-8-11-12-13-14(8)7-2-1-5(15(16)17)3-6(7)10/h1-3H,4H2. The summed E-state index contributed by atoms with van der Waals surface area (Å²) in [6.07, 6.45) is 0. The number of benzene rings is 1. The zero-order chi connectivity index (χ0) is 12.4. The quantitative estimate of drug-likeness (QED) is 0.472. The minimum absolute atomic E-state index is 0.00340. The molecule has 2 rings (SSSR count). The summed E-state index contributed by atoms with van der Waals surface area (Å²) >= 11 is 5.56. The van der Waals surface area contributed by atoms with E-state index in [9.17, 15) is 14.5 Å². The topological polar surface area (TPSA) is 86.7 Å². The third-order valence-corrected chi connectivity index (χ3v) is 2.26. The van der Waals surface area contributed by atoms with Gasteiger partial charge in [-0.1, -0.05) is 0 Å². The van der Waals surface area contributed by atoms with Crippen LogP contribution in [0.15, 0.2) is 18.2 Å². The van der Waals surface area contributed by atoms with Crippen LogP contribution in [0.3, 0.4) is 0 Å². The van der Waals surface area contributed by atoms with E-state index in [1.807, 2.05) is 0 Å². The summed E-state index contributed by atoms with van der Waals surface area (Å²) in [6, 6.07) is 3.19. The van der Waals surface area contributed by atoms with Gasteiger partial charge in [-0.25, -0.2) is 4.39 Å². The molecule has 0 aliphatic carbocycles. The SMILES string of the molecule is O=[N+]([O-])c1ccc(-n2nnnc2CCl)c(F)c1. The minimum atomic E-state index is -0.794. The zero-order valence-electron chi connectivity index (χ0n) is 8.25. The second kappa shape index (κ2) is 4.42. The van der Waals surface area contributed by atoms with E-state index in [4.69, 9.17) is 11.6 Å². The van der Waals surface area contributed by atoms with Crippen molar-refractivity contribution in [3.8, 4) is 5.69 Å². The Labute approximate surface area is 99.0 Å². The van der Waals surface area contributed by atoms with Crippen molar-refractivity contribution in [3.63, 3.8) is 0 Å². The van der Waals surface area contributed by atoms with Gasteiger partial charge < -0.3 is 0 Å². The number of rotatable bonds is 3. The molecule has 0 fully saturated rings. The monoisotopic (exact) mass is 257 g/mol. The molecule has 0 aliphatic rings. The van der Waals surface area contributed by atoms with E-state index in [1.165, 1.54) is 6.07 Å². The van der Waals surface area contributed by atoms with Gasteiger partial charge in [0.1, 0.15) is 5.69 Å². The van der Waals surface area contributed by atoms with E-state index in [1.54, 1.807) is 0 Å². The molecule has 0 amide bonds. The van der Waals surface area contributed by atoms with Crippen molar-refractivity contribution in [3.05, 3.63) is 40.0 Å². The lowest BCUT2D eigenvalue weighted by Gasteiger charge is -2.03. The van der Waals surface area contributed by atoms with E-state index >= 15 is 0 Å². The smallest absolute Gasteiger partial charge is 0.258 e. The highest BCUT2D eigenvalue weighted by atomic mass is 35.5. The lowest BCUT2D eigenvalue weighted by atomic mass is 10.2. The normalized spacial score (nSPS) is 10.5. The highest BCUT2D eigenvalue weighted by Crippen LogP contribution is 2.20. The van der Waals surface area contributed by atoms with Crippen LogP contribution >= 0.6 is 11.6 Å². The third-order valence-electron chi connectivity index (χ3n) is 2.02. The molecular formula is C8H5ClFN5O2. The third kappa shape index (κ3) is 2.07. The molecule has 2 aromatic rings. The minimum Gasteiger partial charge on any atom is -0.258 e. The van der Waals surface area contributed by atoms with Crippen LogP contribution < -0.4 is 0 Å². The number of nitrogens with zero attached hydrogens (tertiary/aromatic N) is 5. The van der Waals surface area contributed by atoms with Crippen molar-refractivity contribution in [1.82, 2.24) is 20.2 Å². The Kier molecular flexibility index (Phi) is 2.96. The van der Waals surface area contributed by atoms with Crippen molar-refractivity contribution in [2.75, 3.05) is 0 Å². The number of nitro benzene ring substituents is 1. The van der Waals surface area contributed by atoms with Crippen molar-refractivity contribution in [2.45, 2.75) is 5.88 Å². The highest BCUT2D eigenvalue weighted by Gasteiger charge is 2.15. The molecule has 0 saturated carbocycles. The van der Waals surface area contributed by atoms with Gasteiger partial charge in [0.15, 0.2) is 11.6 Å². The van der Waals surface area contributed by atoms with Crippen LogP contribution in [0.4, 0.5) is 10.1 Å². The molecule has 9 heteroatoms. The lowest BCUT2D eigenvalue weighted by Crippen LogP contribution is -2.04. The van der Waals surface area contributed by atoms with Crippen LogP contribution in [0.2, 0.25) is 0 Å². The number of halogens is 2. The maximum atomic E-state index is 13.6. The van der Waals surface area contributed by atoms with Gasteiger partial charge in [-0.05, 0) is 16.5 Å². The predicted molar refractivity (Wildman–Crippen MR) is 55.3 cm³/mol. The fourth-order valence-corrected chi connectivity index (χ4v) is 1.42. The number of alkyl halides is 1. The first-order chi connectivity index (χ1) is 8.13. The molecule has 1 heterocycles. The van der Waals surface area contributed by atoms with Gasteiger partial charge in [0.25, 0.3) is 5.69 Å². The first-order valence-corrected chi connectivity index (χ1v) is 4.94. The molecule has 1 aromatic carbocycles. The zero-order valence-corrected chi connectivity index (χ0v) is 9.00. The maximum absolute atomic E-state index is 13.6. The molecule has 17 heavy (non-hydrogen) atoms. The van der Waals surface area contributed by atoms with Crippen LogP contribution in [0.1, 0.15) is 5.82 Å². The van der Waals surface area contributed by atoms with Gasteiger partial charge in [0, 0.05) is 6.07 Å². The molecule has 0 spiro atoms. The fraction of sp³-hybridized carbons (Fsp3) is 0.125. The van der Waals surface area contributed by atoms with Crippen molar-refractivity contribution in [1.29, 1.82) is 0 Å². The van der Waals surface area contributed by atoms with Gasteiger partial charge in [-0.3, -0.25) is 10.1 Å². The summed E-state index contributed by atoms with van der Waals surface area (Å²) in [6.45, 7) is 0. The average Bonchev–Trinajstić information content (AvgIpc) is 2.76. The Morgan fingerprint density at radius 1 is 1.53 bits per heavy atom. The number of hydrogen-bond donors (Lipinski definition) is 0. The van der Waals surface area contributed by atoms with E-state index in [-0.39, 0.29) is 23.1 Å². The second-order valence-electron chi connectivity index (χ2n) is 3.03. The Balaban J connectivity index is 2.50. The largest absolute Gasteiger partial charge is 0.272 e. The summed E-state index contributed by atoms with van der Waals surface area (Å²) < 4.78 is 14.7. The van der Waals surface area contributed by atoms with Crippen LogP contribution in [0, 0.1) is 15.9 Å². The van der Waals surface area contributed by atoms with Crippen molar-refractivity contribution in [2.24, 2.45) is 0 Å². The highest BCUT2D eigenvalue weighted by molar-refractivity contribution is 6.16. The molecule has 7 nitrogen and oxygen atoms in total. The first kappa shape index (κ1) is 11.4. The molecule has 0 radical (unpaired) electrons. The predicted octanol–water partition coefficient (Wildman–Crippen LogP) is 1.45. The molecule has 0 atom stereocenters. The maximum Gasteiger partial charge on any atom is 0.272 e. The summed E-state index contributed by atoms with van der Waals surface area (Å²) in [4.78, 5) is 9.76. The fourth-order valence-electron chi connectivity index (χ4n) is 1.26.